The van der Waals surface area contributed by atoms with E-state index in [1.807, 2.05) is 28.8 Å². The summed E-state index contributed by atoms with van der Waals surface area (Å²) in [6.07, 6.45) is -0.0252. The third-order valence-corrected chi connectivity index (χ3v) is 14.4. The van der Waals surface area contributed by atoms with Gasteiger partial charge >= 0.3 is 12.2 Å². The van der Waals surface area contributed by atoms with Crippen molar-refractivity contribution in [2.24, 2.45) is 23.3 Å². The number of halogens is 3. The monoisotopic (exact) mass is 1010 g/mol. The quantitative estimate of drug-likeness (QED) is 0.111. The van der Waals surface area contributed by atoms with Crippen LogP contribution in [0.1, 0.15) is 64.5 Å². The lowest BCUT2D eigenvalue weighted by molar-refractivity contribution is -0.146. The summed E-state index contributed by atoms with van der Waals surface area (Å²) in [6, 6.07) is 18.3. The fourth-order valence-electron chi connectivity index (χ4n) is 9.05. The molecule has 64 heavy (non-hydrogen) atoms. The van der Waals surface area contributed by atoms with Crippen molar-refractivity contribution in [2.45, 2.75) is 76.5 Å². The Hall–Kier alpha value is -5.75. The molecule has 3 heterocycles. The molecular formula is C46H52Br2FN7O8. The fourth-order valence-corrected chi connectivity index (χ4v) is 10.2. The Kier molecular flexibility index (Phi) is 14.3. The molecule has 0 bridgehead atoms. The van der Waals surface area contributed by atoms with E-state index >= 15 is 0 Å². The minimum absolute atomic E-state index is 0.240. The summed E-state index contributed by atoms with van der Waals surface area (Å²) in [4.78, 5) is 82.6. The van der Waals surface area contributed by atoms with Crippen molar-refractivity contribution in [1.29, 1.82) is 0 Å². The van der Waals surface area contributed by atoms with Crippen molar-refractivity contribution in [3.8, 4) is 28.2 Å². The highest BCUT2D eigenvalue weighted by molar-refractivity contribution is 9.13. The number of hydrogen-bond donors (Lipinski definition) is 4. The highest BCUT2D eigenvalue weighted by Gasteiger charge is 2.53. The van der Waals surface area contributed by atoms with Gasteiger partial charge in [-0.3, -0.25) is 19.2 Å². The average molecular weight is 1010 g/mol. The molecule has 2 aliphatic rings. The highest BCUT2D eigenvalue weighted by atomic mass is 79.9. The van der Waals surface area contributed by atoms with Crippen LogP contribution in [-0.2, 0) is 39.7 Å². The summed E-state index contributed by atoms with van der Waals surface area (Å²) in [5.74, 6) is -3.44. The summed E-state index contributed by atoms with van der Waals surface area (Å²) in [6.45, 7) is 7.61. The number of aromatic nitrogens is 1. The van der Waals surface area contributed by atoms with Gasteiger partial charge in [0, 0.05) is 18.8 Å². The number of nitrogens with zero attached hydrogens (tertiary/aromatic N) is 3. The minimum Gasteiger partial charge on any atom is -0.453 e. The van der Waals surface area contributed by atoms with Crippen LogP contribution >= 0.6 is 31.9 Å². The molecule has 6 N–H and O–H groups in total. The Morgan fingerprint density at radius 1 is 0.625 bits per heavy atom. The predicted octanol–water partition coefficient (Wildman–Crippen LogP) is 6.84. The number of carbonyl (C=O) groups is 6. The molecule has 2 saturated heterocycles. The number of nitrogens with two attached hydrogens (primary N) is 2. The van der Waals surface area contributed by atoms with Gasteiger partial charge in [0.25, 0.3) is 0 Å². The van der Waals surface area contributed by atoms with Gasteiger partial charge in [0.15, 0.2) is 0 Å². The van der Waals surface area contributed by atoms with Crippen LogP contribution in [0.5, 0.6) is 0 Å². The zero-order valence-corrected chi connectivity index (χ0v) is 39.5. The van der Waals surface area contributed by atoms with Crippen molar-refractivity contribution in [1.82, 2.24) is 25.0 Å². The summed E-state index contributed by atoms with van der Waals surface area (Å²) in [5, 5.41) is 5.21. The van der Waals surface area contributed by atoms with Crippen molar-refractivity contribution in [3.05, 3.63) is 98.7 Å². The SMILES string of the molecule is COC(=O)N[C@H](C(=O)N1CCC[C@@]1(C(N)=O)c1ccc(-c2c(Br)c(Br)c(-c3ccc([C@]4(C(N)=O)CCCN4C(=O)[C@@H](NC(=O)OC)C(C)C)cc3)n2-c2ccc(F)cc2)cc1)C(C)C. The first kappa shape index (κ1) is 47.7. The molecule has 6 amide bonds. The largest absolute Gasteiger partial charge is 0.453 e. The second-order valence-corrected chi connectivity index (χ2v) is 18.2. The molecule has 2 aliphatic heterocycles. The number of ether oxygens (including phenoxy) is 2. The van der Waals surface area contributed by atoms with Crippen LogP contribution in [0.25, 0.3) is 28.2 Å². The van der Waals surface area contributed by atoms with E-state index in [1.165, 1.54) is 36.2 Å². The number of methoxy groups -OCH3 is 2. The molecule has 0 spiro atoms. The van der Waals surface area contributed by atoms with Crippen molar-refractivity contribution >= 4 is 67.7 Å². The summed E-state index contributed by atoms with van der Waals surface area (Å²) in [7, 11) is 2.41. The molecule has 15 nitrogen and oxygen atoms in total. The maximum Gasteiger partial charge on any atom is 0.407 e. The lowest BCUT2D eigenvalue weighted by Crippen LogP contribution is -2.59. The zero-order chi connectivity index (χ0) is 46.8. The molecule has 18 heteroatoms. The van der Waals surface area contributed by atoms with Gasteiger partial charge < -0.3 is 45.9 Å². The molecule has 3 aromatic carbocycles. The molecule has 6 rings (SSSR count). The van der Waals surface area contributed by atoms with Crippen LogP contribution in [0.3, 0.4) is 0 Å². The van der Waals surface area contributed by atoms with E-state index < -0.39 is 64.8 Å². The molecule has 1 aromatic heterocycles. The second kappa shape index (κ2) is 19.2. The summed E-state index contributed by atoms with van der Waals surface area (Å²) >= 11 is 7.62. The maximum absolute atomic E-state index is 14.4. The van der Waals surface area contributed by atoms with E-state index in [4.69, 9.17) is 20.9 Å². The second-order valence-electron chi connectivity index (χ2n) is 16.6. The molecule has 0 radical (unpaired) electrons. The molecule has 4 aromatic rings. The molecule has 340 valence electrons. The van der Waals surface area contributed by atoms with Gasteiger partial charge in [-0.15, -0.1) is 0 Å². The topological polar surface area (TPSA) is 208 Å². The predicted molar refractivity (Wildman–Crippen MR) is 244 cm³/mol. The van der Waals surface area contributed by atoms with Gasteiger partial charge in [0.2, 0.25) is 23.6 Å². The Bertz CT molecular complexity index is 2300. The van der Waals surface area contributed by atoms with E-state index in [0.29, 0.717) is 61.1 Å². The van der Waals surface area contributed by atoms with E-state index in [1.54, 1.807) is 64.1 Å². The van der Waals surface area contributed by atoms with E-state index in [-0.39, 0.29) is 37.8 Å². The van der Waals surface area contributed by atoms with E-state index in [2.05, 4.69) is 42.5 Å². The standard InChI is InChI=1S/C46H52Br2FN7O8/c1-25(2)35(52-43(61)63-5)39(57)54-23-7-21-45(54,41(50)59)29-13-9-27(10-14-29)37-33(47)34(48)38(56(37)32-19-17-31(49)18-20-32)28-11-15-30(16-12-28)46(42(51)60)22-8-24-55(46)40(58)36(26(3)4)53-44(62)64-6/h9-20,25-26,35-36H,7-8,21-24H2,1-6H3,(H2,50,59)(H2,51,60)(H,52,61)(H,53,62)/t35-,36-,45-,46-/m0/s1. The molecule has 0 unspecified atom stereocenters. The summed E-state index contributed by atoms with van der Waals surface area (Å²) < 4.78 is 27.2. The Labute approximate surface area is 387 Å². The smallest absolute Gasteiger partial charge is 0.407 e. The molecule has 2 fully saturated rings. The minimum atomic E-state index is -1.50. The summed E-state index contributed by atoms with van der Waals surface area (Å²) in [5.41, 5.74) is 13.6. The zero-order valence-electron chi connectivity index (χ0n) is 36.4. The highest BCUT2D eigenvalue weighted by Crippen LogP contribution is 2.48. The molecule has 0 saturated carbocycles. The first-order valence-corrected chi connectivity index (χ1v) is 22.4. The van der Waals surface area contributed by atoms with Gasteiger partial charge in [-0.05, 0) is 116 Å². The normalized spacial score (nSPS) is 19.4. The first-order valence-electron chi connectivity index (χ1n) is 20.8. The van der Waals surface area contributed by atoms with E-state index in [9.17, 15) is 33.2 Å². The number of nitrogens with one attached hydrogen (secondary N) is 2. The van der Waals surface area contributed by atoms with Gasteiger partial charge in [0.05, 0.1) is 34.6 Å². The Morgan fingerprint density at radius 3 is 1.30 bits per heavy atom. The number of amides is 6. The van der Waals surface area contributed by atoms with Gasteiger partial charge in [-0.2, -0.15) is 0 Å². The third-order valence-electron chi connectivity index (χ3n) is 12.3. The van der Waals surface area contributed by atoms with Crippen LogP contribution in [0, 0.1) is 17.7 Å². The number of hydrogen-bond acceptors (Lipinski definition) is 8. The van der Waals surface area contributed by atoms with Gasteiger partial charge in [-0.1, -0.05) is 76.2 Å². The van der Waals surface area contributed by atoms with Crippen molar-refractivity contribution < 1.29 is 42.6 Å². The lowest BCUT2D eigenvalue weighted by atomic mass is 9.85. The van der Waals surface area contributed by atoms with Crippen LogP contribution in [0.15, 0.2) is 81.7 Å². The average Bonchev–Trinajstić information content (AvgIpc) is 4.00. The number of benzene rings is 3. The van der Waals surface area contributed by atoms with Crippen LogP contribution in [0.2, 0.25) is 0 Å². The third kappa shape index (κ3) is 8.49. The number of alkyl carbamates (subject to hydrolysis) is 2. The lowest BCUT2D eigenvalue weighted by Gasteiger charge is -2.39. The maximum atomic E-state index is 14.4. The van der Waals surface area contributed by atoms with Crippen molar-refractivity contribution in [2.75, 3.05) is 27.3 Å². The molecule has 0 aliphatic carbocycles. The molecule has 4 atom stereocenters. The number of rotatable bonds is 13. The van der Waals surface area contributed by atoms with E-state index in [0.717, 1.165) is 0 Å². The Balaban J connectivity index is 1.43. The van der Waals surface area contributed by atoms with Crippen LogP contribution in [0.4, 0.5) is 14.0 Å². The number of likely N-dealkylation sites (tertiary alicyclic amines) is 2. The Morgan fingerprint density at radius 2 is 0.984 bits per heavy atom. The van der Waals surface area contributed by atoms with Crippen LogP contribution < -0.4 is 22.1 Å². The van der Waals surface area contributed by atoms with Gasteiger partial charge in [-0.25, -0.2) is 14.0 Å². The van der Waals surface area contributed by atoms with Crippen molar-refractivity contribution in [3.63, 3.8) is 0 Å². The first-order chi connectivity index (χ1) is 30.3. The number of carbonyl (C=O) groups excluding carboxylic acids is 6. The van der Waals surface area contributed by atoms with Crippen LogP contribution in [-0.4, -0.2) is 89.6 Å². The number of primary amides is 2. The van der Waals surface area contributed by atoms with Gasteiger partial charge in [0.1, 0.15) is 29.0 Å². The molecular weight excluding hydrogens is 957 g/mol. The fraction of sp³-hybridized carbons (Fsp3) is 0.391.